The fourth-order valence-corrected chi connectivity index (χ4v) is 1.79. The first-order valence-corrected chi connectivity index (χ1v) is 4.94. The van der Waals surface area contributed by atoms with E-state index in [1.807, 2.05) is 6.07 Å². The van der Waals surface area contributed by atoms with Crippen LogP contribution in [-0.2, 0) is 0 Å². The maximum Gasteiger partial charge on any atom is 0.152 e. The molecule has 1 aliphatic heterocycles. The number of nitrogens with zero attached hydrogens (tertiary/aromatic N) is 3. The maximum atomic E-state index is 5.72. The summed E-state index contributed by atoms with van der Waals surface area (Å²) in [5.41, 5.74) is 7.59. The molecule has 0 aromatic carbocycles. The third kappa shape index (κ3) is 1.36. The maximum absolute atomic E-state index is 5.72. The molecular formula is C10H16N4. The van der Waals surface area contributed by atoms with Crippen LogP contribution in [0.2, 0.25) is 0 Å². The monoisotopic (exact) mass is 192 g/mol. The van der Waals surface area contributed by atoms with Crippen molar-refractivity contribution < 1.29 is 0 Å². The Kier molecular flexibility index (Phi) is 2.19. The van der Waals surface area contributed by atoms with Gasteiger partial charge in [-0.1, -0.05) is 0 Å². The van der Waals surface area contributed by atoms with Crippen molar-refractivity contribution in [3.05, 3.63) is 12.3 Å². The molecule has 1 aromatic heterocycles. The average molecular weight is 192 g/mol. The van der Waals surface area contributed by atoms with E-state index in [-0.39, 0.29) is 0 Å². The topological polar surface area (TPSA) is 45.4 Å². The molecule has 76 valence electrons. The molecule has 0 saturated carbocycles. The lowest BCUT2D eigenvalue weighted by Crippen LogP contribution is -2.39. The Morgan fingerprint density at radius 1 is 1.50 bits per heavy atom. The molecule has 4 nitrogen and oxygen atoms in total. The first-order chi connectivity index (χ1) is 6.72. The molecule has 4 heteroatoms. The summed E-state index contributed by atoms with van der Waals surface area (Å²) in [5, 5.41) is 0. The van der Waals surface area contributed by atoms with Gasteiger partial charge in [-0.15, -0.1) is 0 Å². The fraction of sp³-hybridized carbons (Fsp3) is 0.500. The highest BCUT2D eigenvalue weighted by Crippen LogP contribution is 2.30. The van der Waals surface area contributed by atoms with Gasteiger partial charge in [0.1, 0.15) is 0 Å². The number of hydrogen-bond acceptors (Lipinski definition) is 4. The van der Waals surface area contributed by atoms with Crippen LogP contribution in [0.15, 0.2) is 12.3 Å². The summed E-state index contributed by atoms with van der Waals surface area (Å²) < 4.78 is 0. The van der Waals surface area contributed by atoms with E-state index in [9.17, 15) is 0 Å². The minimum Gasteiger partial charge on any atom is -0.397 e. The number of fused-ring (bicyclic) bond motifs is 1. The summed E-state index contributed by atoms with van der Waals surface area (Å²) in [4.78, 5) is 8.85. The molecule has 2 rings (SSSR count). The Morgan fingerprint density at radius 3 is 3.00 bits per heavy atom. The van der Waals surface area contributed by atoms with Crippen molar-refractivity contribution in [2.24, 2.45) is 0 Å². The van der Waals surface area contributed by atoms with Crippen LogP contribution in [0, 0.1) is 0 Å². The molecule has 0 atom stereocenters. The van der Waals surface area contributed by atoms with E-state index in [0.29, 0.717) is 0 Å². The number of nitrogens with two attached hydrogens (primary N) is 1. The first-order valence-electron chi connectivity index (χ1n) is 4.94. The summed E-state index contributed by atoms with van der Waals surface area (Å²) in [7, 11) is 2.08. The normalized spacial score (nSPS) is 15.6. The number of pyridine rings is 1. The number of anilines is 3. The molecule has 0 radical (unpaired) electrons. The van der Waals surface area contributed by atoms with Crippen LogP contribution in [0.4, 0.5) is 17.2 Å². The van der Waals surface area contributed by atoms with E-state index in [2.05, 4.69) is 28.8 Å². The van der Waals surface area contributed by atoms with Crippen molar-refractivity contribution in [2.75, 3.05) is 42.2 Å². The zero-order valence-corrected chi connectivity index (χ0v) is 8.70. The van der Waals surface area contributed by atoms with Gasteiger partial charge in [-0.3, -0.25) is 0 Å². The van der Waals surface area contributed by atoms with Gasteiger partial charge in [0.25, 0.3) is 0 Å². The summed E-state index contributed by atoms with van der Waals surface area (Å²) in [6.07, 6.45) is 1.72. The van der Waals surface area contributed by atoms with E-state index in [1.54, 1.807) is 6.20 Å². The van der Waals surface area contributed by atoms with Gasteiger partial charge < -0.3 is 15.5 Å². The Labute approximate surface area is 84.3 Å². The molecule has 14 heavy (non-hydrogen) atoms. The third-order valence-corrected chi connectivity index (χ3v) is 2.67. The van der Waals surface area contributed by atoms with Crippen LogP contribution in [0.1, 0.15) is 6.92 Å². The van der Waals surface area contributed by atoms with Gasteiger partial charge in [0.2, 0.25) is 0 Å². The van der Waals surface area contributed by atoms with Crippen molar-refractivity contribution in [3.63, 3.8) is 0 Å². The van der Waals surface area contributed by atoms with Crippen LogP contribution in [0.5, 0.6) is 0 Å². The molecule has 0 aliphatic carbocycles. The van der Waals surface area contributed by atoms with Gasteiger partial charge in [-0.25, -0.2) is 4.98 Å². The highest BCUT2D eigenvalue weighted by molar-refractivity contribution is 5.72. The van der Waals surface area contributed by atoms with Gasteiger partial charge in [-0.05, 0) is 13.0 Å². The third-order valence-electron chi connectivity index (χ3n) is 2.67. The second-order valence-electron chi connectivity index (χ2n) is 3.61. The van der Waals surface area contributed by atoms with Gasteiger partial charge in [0, 0.05) is 26.7 Å². The molecule has 0 unspecified atom stereocenters. The molecule has 0 fully saturated rings. The van der Waals surface area contributed by atoms with E-state index < -0.39 is 0 Å². The lowest BCUT2D eigenvalue weighted by Gasteiger charge is -2.35. The van der Waals surface area contributed by atoms with Gasteiger partial charge >= 0.3 is 0 Å². The van der Waals surface area contributed by atoms with E-state index in [0.717, 1.165) is 36.8 Å². The highest BCUT2D eigenvalue weighted by Gasteiger charge is 2.20. The van der Waals surface area contributed by atoms with E-state index >= 15 is 0 Å². The van der Waals surface area contributed by atoms with Crippen LogP contribution < -0.4 is 15.5 Å². The van der Waals surface area contributed by atoms with Crippen LogP contribution in [0.25, 0.3) is 0 Å². The lowest BCUT2D eigenvalue weighted by atomic mass is 10.2. The van der Waals surface area contributed by atoms with Gasteiger partial charge in [-0.2, -0.15) is 0 Å². The van der Waals surface area contributed by atoms with Crippen LogP contribution in [-0.4, -0.2) is 31.7 Å². The molecule has 1 aliphatic rings. The fourth-order valence-electron chi connectivity index (χ4n) is 1.79. The number of likely N-dealkylation sites (N-methyl/N-ethyl adjacent to an activating group) is 2. The molecular weight excluding hydrogens is 176 g/mol. The smallest absolute Gasteiger partial charge is 0.152 e. The van der Waals surface area contributed by atoms with Gasteiger partial charge in [0.05, 0.1) is 17.6 Å². The number of nitrogen functional groups attached to an aromatic ring is 1. The van der Waals surface area contributed by atoms with Gasteiger partial charge in [0.15, 0.2) is 5.82 Å². The van der Waals surface area contributed by atoms with Crippen molar-refractivity contribution in [3.8, 4) is 0 Å². The van der Waals surface area contributed by atoms with Crippen LogP contribution in [0.3, 0.4) is 0 Å². The molecule has 0 spiro atoms. The Balaban J connectivity index is 2.45. The lowest BCUT2D eigenvalue weighted by molar-refractivity contribution is 0.740. The highest BCUT2D eigenvalue weighted by atomic mass is 15.3. The summed E-state index contributed by atoms with van der Waals surface area (Å²) in [6, 6.07) is 1.99. The number of rotatable bonds is 1. The minimum atomic E-state index is 0.730. The molecule has 0 bridgehead atoms. The Morgan fingerprint density at radius 2 is 2.29 bits per heavy atom. The predicted molar refractivity (Wildman–Crippen MR) is 59.8 cm³/mol. The van der Waals surface area contributed by atoms with Crippen molar-refractivity contribution in [2.45, 2.75) is 6.92 Å². The zero-order valence-electron chi connectivity index (χ0n) is 8.70. The van der Waals surface area contributed by atoms with Crippen molar-refractivity contribution in [1.82, 2.24) is 4.98 Å². The van der Waals surface area contributed by atoms with E-state index in [1.165, 1.54) is 0 Å². The summed E-state index contributed by atoms with van der Waals surface area (Å²) in [5.74, 6) is 1.05. The Hall–Kier alpha value is -1.45. The quantitative estimate of drug-likeness (QED) is 0.719. The first kappa shape index (κ1) is 9.12. The summed E-state index contributed by atoms with van der Waals surface area (Å²) in [6.45, 7) is 5.22. The molecule has 0 amide bonds. The average Bonchev–Trinajstić information content (AvgIpc) is 2.19. The second-order valence-corrected chi connectivity index (χ2v) is 3.61. The SMILES string of the molecule is CCN1CCN(C)c2cc(N)cnc21. The number of hydrogen-bond donors (Lipinski definition) is 1. The largest absolute Gasteiger partial charge is 0.397 e. The van der Waals surface area contributed by atoms with E-state index in [4.69, 9.17) is 5.73 Å². The molecule has 2 N–H and O–H groups in total. The van der Waals surface area contributed by atoms with Crippen molar-refractivity contribution in [1.29, 1.82) is 0 Å². The minimum absolute atomic E-state index is 0.730. The zero-order chi connectivity index (χ0) is 10.1. The van der Waals surface area contributed by atoms with Crippen LogP contribution >= 0.6 is 0 Å². The molecule has 1 aromatic rings. The standard InChI is InChI=1S/C10H16N4/c1-3-14-5-4-13(2)9-6-8(11)7-12-10(9)14/h6-7H,3-5,11H2,1-2H3. The van der Waals surface area contributed by atoms with Crippen molar-refractivity contribution >= 4 is 17.2 Å². The Bertz CT molecular complexity index is 337. The molecule has 2 heterocycles. The number of aromatic nitrogens is 1. The second kappa shape index (κ2) is 3.36. The summed E-state index contributed by atoms with van der Waals surface area (Å²) >= 11 is 0. The molecule has 0 saturated heterocycles. The predicted octanol–water partition coefficient (Wildman–Crippen LogP) is 0.940.